The summed E-state index contributed by atoms with van der Waals surface area (Å²) in [5.74, 6) is 2.50. The first kappa shape index (κ1) is 22.6. The highest BCUT2D eigenvalue weighted by atomic mass is 16.5. The van der Waals surface area contributed by atoms with Gasteiger partial charge < -0.3 is 15.2 Å². The number of methoxy groups -OCH3 is 1. The molecule has 7 heteroatoms. The van der Waals surface area contributed by atoms with Crippen LogP contribution in [0.3, 0.4) is 0 Å². The number of nitriles is 1. The molecular formula is C26H30N5O2+. The van der Waals surface area contributed by atoms with Gasteiger partial charge in [-0.1, -0.05) is 24.3 Å². The zero-order chi connectivity index (χ0) is 23.2. The molecule has 4 N–H and O–H groups in total. The first-order chi connectivity index (χ1) is 16.1. The normalized spacial score (nSPS) is 15.1. The lowest BCUT2D eigenvalue weighted by atomic mass is 10.1. The maximum Gasteiger partial charge on any atom is 0.185 e. The van der Waals surface area contributed by atoms with Gasteiger partial charge in [-0.25, -0.2) is 4.98 Å². The molecule has 1 fully saturated rings. The van der Waals surface area contributed by atoms with Crippen molar-refractivity contribution in [1.82, 2.24) is 9.55 Å². The van der Waals surface area contributed by atoms with Crippen LogP contribution in [0.15, 0.2) is 54.6 Å². The second kappa shape index (κ2) is 10.3. The van der Waals surface area contributed by atoms with Crippen LogP contribution < -0.4 is 15.2 Å². The number of rotatable bonds is 9. The van der Waals surface area contributed by atoms with E-state index in [0.717, 1.165) is 53.2 Å². The van der Waals surface area contributed by atoms with E-state index in [-0.39, 0.29) is 18.0 Å². The van der Waals surface area contributed by atoms with Gasteiger partial charge in [-0.3, -0.25) is 9.98 Å². The number of aromatic nitrogens is 2. The molecule has 0 radical (unpaired) electrons. The number of ether oxygens (including phenoxy) is 2. The Kier molecular flexibility index (Phi) is 7.06. The molecule has 1 aliphatic carbocycles. The van der Waals surface area contributed by atoms with E-state index in [1.165, 1.54) is 18.9 Å². The van der Waals surface area contributed by atoms with Gasteiger partial charge in [0, 0.05) is 6.42 Å². The number of hydrogen-bond donors (Lipinski definition) is 2. The lowest BCUT2D eigenvalue weighted by molar-refractivity contribution is -0.432. The number of hydrogen-bond acceptors (Lipinski definition) is 5. The molecule has 1 atom stereocenters. The number of allylic oxidation sites excluding steroid dienone is 1. The fourth-order valence-electron chi connectivity index (χ4n) is 4.44. The number of para-hydroxylation sites is 3. The predicted molar refractivity (Wildman–Crippen MR) is 127 cm³/mol. The molecule has 1 unspecified atom stereocenters. The van der Waals surface area contributed by atoms with Gasteiger partial charge in [0.15, 0.2) is 17.7 Å². The lowest BCUT2D eigenvalue weighted by Crippen LogP contribution is -2.55. The Labute approximate surface area is 194 Å². The fraction of sp³-hybridized carbons (Fsp3) is 0.346. The van der Waals surface area contributed by atoms with Crippen molar-refractivity contribution in [3.63, 3.8) is 0 Å². The summed E-state index contributed by atoms with van der Waals surface area (Å²) in [6.07, 6.45) is 9.23. The maximum atomic E-state index is 8.90. The van der Waals surface area contributed by atoms with Crippen LogP contribution in [0, 0.1) is 16.7 Å². The van der Waals surface area contributed by atoms with Crippen LogP contribution in [0.2, 0.25) is 0 Å². The molecule has 3 aromatic rings. The van der Waals surface area contributed by atoms with Crippen molar-refractivity contribution in [2.45, 2.75) is 50.8 Å². The van der Waals surface area contributed by atoms with E-state index < -0.39 is 0 Å². The van der Waals surface area contributed by atoms with Crippen LogP contribution in [0.1, 0.15) is 43.2 Å². The molecule has 1 aromatic heterocycles. The van der Waals surface area contributed by atoms with Gasteiger partial charge in [-0.15, -0.1) is 0 Å². The number of aryl methyl sites for hydroxylation is 2. The molecule has 1 heterocycles. The summed E-state index contributed by atoms with van der Waals surface area (Å²) in [7, 11) is 1.68. The number of quaternary nitrogens is 1. The van der Waals surface area contributed by atoms with Crippen molar-refractivity contribution in [2.24, 2.45) is 0 Å². The first-order valence-corrected chi connectivity index (χ1v) is 11.4. The van der Waals surface area contributed by atoms with Gasteiger partial charge in [0.25, 0.3) is 0 Å². The van der Waals surface area contributed by atoms with Gasteiger partial charge in [0.1, 0.15) is 17.6 Å². The molecule has 7 nitrogen and oxygen atoms in total. The Balaban J connectivity index is 1.63. The molecule has 1 aliphatic rings. The topological polar surface area (TPSA) is 112 Å². The predicted octanol–water partition coefficient (Wildman–Crippen LogP) is 3.99. The van der Waals surface area contributed by atoms with Crippen molar-refractivity contribution < 1.29 is 15.2 Å². The van der Waals surface area contributed by atoms with Gasteiger partial charge in [-0.2, -0.15) is 5.26 Å². The van der Waals surface area contributed by atoms with Crippen molar-refractivity contribution in [3.8, 4) is 17.6 Å². The second-order valence-corrected chi connectivity index (χ2v) is 8.31. The molecule has 0 saturated heterocycles. The Morgan fingerprint density at radius 3 is 2.79 bits per heavy atom. The van der Waals surface area contributed by atoms with Crippen LogP contribution >= 0.6 is 0 Å². The fourth-order valence-corrected chi connectivity index (χ4v) is 4.44. The zero-order valence-electron chi connectivity index (χ0n) is 19.0. The zero-order valence-corrected chi connectivity index (χ0v) is 19.0. The van der Waals surface area contributed by atoms with Crippen LogP contribution in [0.4, 0.5) is 0 Å². The number of imidazole rings is 1. The Hall–Kier alpha value is -3.63. The third-order valence-corrected chi connectivity index (χ3v) is 6.09. The summed E-state index contributed by atoms with van der Waals surface area (Å²) in [5, 5.41) is 16.5. The summed E-state index contributed by atoms with van der Waals surface area (Å²) in [4.78, 5) is 4.87. The molecule has 1 saturated carbocycles. The molecule has 0 bridgehead atoms. The van der Waals surface area contributed by atoms with Crippen LogP contribution in [-0.4, -0.2) is 28.5 Å². The largest absolute Gasteiger partial charge is 0.493 e. The van der Waals surface area contributed by atoms with E-state index in [1.807, 2.05) is 42.5 Å². The standard InChI is InChI=1S/C26H29N5O2/c1-32-23-12-6-7-18(26(23)33-20-8-2-3-9-20)13-16-25-30-21-10-4-5-11-22(21)31(25)24(29)15-14-19(28)17-27/h4-7,10-12,14-15,20,24,28H,2-3,8-9,13,16,29H2,1H3/p+1. The van der Waals surface area contributed by atoms with Gasteiger partial charge >= 0.3 is 0 Å². The number of nitrogens with one attached hydrogen (secondary N) is 1. The van der Waals surface area contributed by atoms with E-state index in [4.69, 9.17) is 25.1 Å². The van der Waals surface area contributed by atoms with E-state index in [9.17, 15) is 0 Å². The van der Waals surface area contributed by atoms with Crippen LogP contribution in [-0.2, 0) is 12.8 Å². The summed E-state index contributed by atoms with van der Waals surface area (Å²) in [5.41, 5.74) is 7.13. The summed E-state index contributed by atoms with van der Waals surface area (Å²) < 4.78 is 14.1. The molecule has 4 rings (SSSR count). The van der Waals surface area contributed by atoms with E-state index >= 15 is 0 Å². The highest BCUT2D eigenvalue weighted by molar-refractivity contribution is 6.04. The minimum absolute atomic E-state index is 0.0975. The highest BCUT2D eigenvalue weighted by Gasteiger charge is 2.22. The van der Waals surface area contributed by atoms with Crippen molar-refractivity contribution in [1.29, 1.82) is 10.7 Å². The summed E-state index contributed by atoms with van der Waals surface area (Å²) >= 11 is 0. The lowest BCUT2D eigenvalue weighted by Gasteiger charge is -2.19. The van der Waals surface area contributed by atoms with E-state index in [0.29, 0.717) is 6.42 Å². The average Bonchev–Trinajstić information content (AvgIpc) is 3.49. The van der Waals surface area contributed by atoms with Crippen LogP contribution in [0.25, 0.3) is 11.0 Å². The Bertz CT molecular complexity index is 1200. The first-order valence-electron chi connectivity index (χ1n) is 11.4. The molecule has 170 valence electrons. The van der Waals surface area contributed by atoms with Gasteiger partial charge in [-0.05, 0) is 68.0 Å². The smallest absolute Gasteiger partial charge is 0.185 e. The molecule has 0 aliphatic heterocycles. The second-order valence-electron chi connectivity index (χ2n) is 8.31. The SMILES string of the molecule is COc1cccc(CCc2nc3ccccc3n2C([NH3+])C=CC(=N)C#N)c1OC1CCCC1. The number of nitrogens with zero attached hydrogens (tertiary/aromatic N) is 3. The quantitative estimate of drug-likeness (QED) is 0.486. The monoisotopic (exact) mass is 444 g/mol. The highest BCUT2D eigenvalue weighted by Crippen LogP contribution is 2.35. The summed E-state index contributed by atoms with van der Waals surface area (Å²) in [6, 6.07) is 15.8. The minimum atomic E-state index is -0.291. The Morgan fingerprint density at radius 1 is 1.24 bits per heavy atom. The third-order valence-electron chi connectivity index (χ3n) is 6.09. The third kappa shape index (κ3) is 5.07. The van der Waals surface area contributed by atoms with Gasteiger partial charge in [0.2, 0.25) is 0 Å². The van der Waals surface area contributed by atoms with Crippen molar-refractivity contribution in [2.75, 3.05) is 7.11 Å². The average molecular weight is 445 g/mol. The number of fused-ring (bicyclic) bond motifs is 1. The maximum absolute atomic E-state index is 8.90. The molecule has 0 spiro atoms. The molecule has 2 aromatic carbocycles. The van der Waals surface area contributed by atoms with Crippen molar-refractivity contribution >= 4 is 16.7 Å². The number of benzene rings is 2. The summed E-state index contributed by atoms with van der Waals surface area (Å²) in [6.45, 7) is 0. The van der Waals surface area contributed by atoms with Crippen molar-refractivity contribution in [3.05, 3.63) is 66.0 Å². The van der Waals surface area contributed by atoms with Gasteiger partial charge in [0.05, 0.1) is 24.2 Å². The van der Waals surface area contributed by atoms with E-state index in [2.05, 4.69) is 16.4 Å². The Morgan fingerprint density at radius 2 is 2.03 bits per heavy atom. The van der Waals surface area contributed by atoms with Crippen LogP contribution in [0.5, 0.6) is 11.5 Å². The molecule has 33 heavy (non-hydrogen) atoms. The minimum Gasteiger partial charge on any atom is -0.493 e. The molecule has 0 amide bonds. The molecular weight excluding hydrogens is 414 g/mol. The van der Waals surface area contributed by atoms with E-state index in [1.54, 1.807) is 13.2 Å².